The van der Waals surface area contributed by atoms with Crippen LogP contribution in [0.2, 0.25) is 0 Å². The van der Waals surface area contributed by atoms with Crippen molar-refractivity contribution in [2.75, 3.05) is 13.2 Å². The number of aliphatic hydroxyl groups is 1. The number of ether oxygens (including phenoxy) is 1. The highest BCUT2D eigenvalue weighted by molar-refractivity contribution is 5.67. The number of aliphatic hydroxyl groups excluding tert-OH is 1. The maximum atomic E-state index is 11.1. The summed E-state index contributed by atoms with van der Waals surface area (Å²) in [4.78, 5) is 11.1. The van der Waals surface area contributed by atoms with Gasteiger partial charge in [-0.05, 0) is 20.8 Å². The zero-order valence-corrected chi connectivity index (χ0v) is 9.49. The van der Waals surface area contributed by atoms with Crippen LogP contribution in [0.3, 0.4) is 0 Å². The van der Waals surface area contributed by atoms with Crippen LogP contribution in [0.5, 0.6) is 0 Å². The summed E-state index contributed by atoms with van der Waals surface area (Å²) in [7, 11) is 0. The average Bonchev–Trinajstić information content (AvgIpc) is 2.08. The number of allylic oxidation sites excluding steroid dienone is 2. The Morgan fingerprint density at radius 1 is 1.33 bits per heavy atom. The first-order valence-corrected chi connectivity index (χ1v) is 4.85. The third kappa shape index (κ3) is 10.6. The Labute approximate surface area is 90.6 Å². The first-order chi connectivity index (χ1) is 6.95. The summed E-state index contributed by atoms with van der Waals surface area (Å²) >= 11 is 0. The molecular weight excluding hydrogens is 194 g/mol. The topological polar surface area (TPSA) is 58.6 Å². The van der Waals surface area contributed by atoms with Crippen LogP contribution in [0.1, 0.15) is 20.8 Å². The molecular formula is C11H19NO3. The van der Waals surface area contributed by atoms with Crippen molar-refractivity contribution in [1.29, 1.82) is 0 Å². The van der Waals surface area contributed by atoms with Crippen LogP contribution in [0.25, 0.3) is 0 Å². The molecule has 86 valence electrons. The van der Waals surface area contributed by atoms with Gasteiger partial charge in [-0.3, -0.25) is 0 Å². The molecule has 0 aromatic rings. The Balaban J connectivity index is 3.64. The minimum atomic E-state index is -0.468. The van der Waals surface area contributed by atoms with Gasteiger partial charge in [-0.1, -0.05) is 24.3 Å². The lowest BCUT2D eigenvalue weighted by molar-refractivity contribution is 0.0534. The monoisotopic (exact) mass is 213 g/mol. The van der Waals surface area contributed by atoms with Gasteiger partial charge in [-0.15, -0.1) is 0 Å². The SMILES string of the molecule is CC(C)(C)OC(=O)NC/C=C/C=C/CO. The number of hydrogen-bond acceptors (Lipinski definition) is 3. The third-order valence-corrected chi connectivity index (χ3v) is 1.25. The van der Waals surface area contributed by atoms with E-state index in [0.29, 0.717) is 6.54 Å². The van der Waals surface area contributed by atoms with E-state index in [1.807, 2.05) is 20.8 Å². The predicted octanol–water partition coefficient (Wildman–Crippen LogP) is 1.62. The zero-order chi connectivity index (χ0) is 11.7. The lowest BCUT2D eigenvalue weighted by atomic mass is 10.2. The van der Waals surface area contributed by atoms with Gasteiger partial charge >= 0.3 is 6.09 Å². The average molecular weight is 213 g/mol. The van der Waals surface area contributed by atoms with E-state index in [0.717, 1.165) is 0 Å². The normalized spacial score (nSPS) is 12.3. The number of rotatable bonds is 4. The highest BCUT2D eigenvalue weighted by atomic mass is 16.6. The van der Waals surface area contributed by atoms with Crippen LogP contribution >= 0.6 is 0 Å². The first-order valence-electron chi connectivity index (χ1n) is 4.85. The van der Waals surface area contributed by atoms with E-state index < -0.39 is 11.7 Å². The van der Waals surface area contributed by atoms with Gasteiger partial charge in [0.15, 0.2) is 0 Å². The van der Waals surface area contributed by atoms with E-state index in [2.05, 4.69) is 5.32 Å². The van der Waals surface area contributed by atoms with E-state index in [4.69, 9.17) is 9.84 Å². The van der Waals surface area contributed by atoms with Gasteiger partial charge in [0.25, 0.3) is 0 Å². The fraction of sp³-hybridized carbons (Fsp3) is 0.545. The van der Waals surface area contributed by atoms with Crippen molar-refractivity contribution < 1.29 is 14.6 Å². The predicted molar refractivity (Wildman–Crippen MR) is 59.6 cm³/mol. The largest absolute Gasteiger partial charge is 0.444 e. The Morgan fingerprint density at radius 3 is 2.47 bits per heavy atom. The quantitative estimate of drug-likeness (QED) is 0.698. The summed E-state index contributed by atoms with van der Waals surface area (Å²) in [5.74, 6) is 0. The summed E-state index contributed by atoms with van der Waals surface area (Å²) in [6, 6.07) is 0. The lowest BCUT2D eigenvalue weighted by Crippen LogP contribution is -2.32. The fourth-order valence-electron chi connectivity index (χ4n) is 0.742. The van der Waals surface area contributed by atoms with E-state index in [9.17, 15) is 4.79 Å². The molecule has 0 heterocycles. The van der Waals surface area contributed by atoms with Crippen molar-refractivity contribution in [1.82, 2.24) is 5.32 Å². The molecule has 0 aromatic heterocycles. The van der Waals surface area contributed by atoms with Crippen molar-refractivity contribution >= 4 is 6.09 Å². The number of nitrogens with one attached hydrogen (secondary N) is 1. The number of carbonyl (C=O) groups is 1. The Bertz CT molecular complexity index is 239. The second kappa shape index (κ2) is 7.06. The Morgan fingerprint density at radius 2 is 1.93 bits per heavy atom. The molecule has 0 spiro atoms. The van der Waals surface area contributed by atoms with Crippen molar-refractivity contribution in [2.24, 2.45) is 0 Å². The van der Waals surface area contributed by atoms with Gasteiger partial charge in [0, 0.05) is 6.54 Å². The molecule has 0 fully saturated rings. The molecule has 0 aliphatic heterocycles. The molecule has 2 N–H and O–H groups in total. The third-order valence-electron chi connectivity index (χ3n) is 1.25. The molecule has 4 heteroatoms. The second-order valence-corrected chi connectivity index (χ2v) is 3.92. The molecule has 4 nitrogen and oxygen atoms in total. The number of hydrogen-bond donors (Lipinski definition) is 2. The minimum absolute atomic E-state index is 0.0177. The van der Waals surface area contributed by atoms with Crippen molar-refractivity contribution in [2.45, 2.75) is 26.4 Å². The lowest BCUT2D eigenvalue weighted by Gasteiger charge is -2.19. The highest BCUT2D eigenvalue weighted by Gasteiger charge is 2.14. The molecule has 15 heavy (non-hydrogen) atoms. The van der Waals surface area contributed by atoms with Crippen LogP contribution in [-0.2, 0) is 4.74 Å². The molecule has 0 aliphatic carbocycles. The van der Waals surface area contributed by atoms with E-state index >= 15 is 0 Å². The van der Waals surface area contributed by atoms with Gasteiger partial charge in [0.1, 0.15) is 5.60 Å². The van der Waals surface area contributed by atoms with Gasteiger partial charge < -0.3 is 15.2 Å². The van der Waals surface area contributed by atoms with Gasteiger partial charge in [0.05, 0.1) is 6.61 Å². The fourth-order valence-corrected chi connectivity index (χ4v) is 0.742. The van der Waals surface area contributed by atoms with Gasteiger partial charge in [-0.25, -0.2) is 4.79 Å². The summed E-state index contributed by atoms with van der Waals surface area (Å²) in [5.41, 5.74) is -0.468. The molecule has 0 rings (SSSR count). The van der Waals surface area contributed by atoms with E-state index in [1.165, 1.54) is 0 Å². The maximum absolute atomic E-state index is 11.1. The van der Waals surface area contributed by atoms with Crippen LogP contribution in [0, 0.1) is 0 Å². The number of carbonyl (C=O) groups excluding carboxylic acids is 1. The van der Waals surface area contributed by atoms with Crippen molar-refractivity contribution in [3.8, 4) is 0 Å². The van der Waals surface area contributed by atoms with E-state index in [1.54, 1.807) is 24.3 Å². The summed E-state index contributed by atoms with van der Waals surface area (Å²) in [6.45, 7) is 5.86. The molecule has 1 amide bonds. The van der Waals surface area contributed by atoms with Crippen molar-refractivity contribution in [3.63, 3.8) is 0 Å². The van der Waals surface area contributed by atoms with Crippen LogP contribution in [-0.4, -0.2) is 30.0 Å². The van der Waals surface area contributed by atoms with Gasteiger partial charge in [0.2, 0.25) is 0 Å². The highest BCUT2D eigenvalue weighted by Crippen LogP contribution is 2.05. The summed E-state index contributed by atoms with van der Waals surface area (Å²) in [6.07, 6.45) is 6.38. The zero-order valence-electron chi connectivity index (χ0n) is 9.49. The summed E-state index contributed by atoms with van der Waals surface area (Å²) in [5, 5.41) is 11.0. The van der Waals surface area contributed by atoms with Gasteiger partial charge in [-0.2, -0.15) is 0 Å². The Kier molecular flexibility index (Phi) is 6.45. The standard InChI is InChI=1S/C11H19NO3/c1-11(2,3)15-10(14)12-8-6-4-5-7-9-13/h4-7,13H,8-9H2,1-3H3,(H,12,14)/b6-4+,7-5+. The van der Waals surface area contributed by atoms with Crippen molar-refractivity contribution in [3.05, 3.63) is 24.3 Å². The van der Waals surface area contributed by atoms with Crippen LogP contribution in [0.4, 0.5) is 4.79 Å². The molecule has 0 atom stereocenters. The van der Waals surface area contributed by atoms with E-state index in [-0.39, 0.29) is 6.61 Å². The molecule has 0 saturated heterocycles. The smallest absolute Gasteiger partial charge is 0.407 e. The maximum Gasteiger partial charge on any atom is 0.407 e. The molecule has 0 unspecified atom stereocenters. The first kappa shape index (κ1) is 13.7. The number of alkyl carbamates (subject to hydrolysis) is 1. The molecule has 0 radical (unpaired) electrons. The molecule has 0 aromatic carbocycles. The van der Waals surface area contributed by atoms with Crippen LogP contribution < -0.4 is 5.32 Å². The van der Waals surface area contributed by atoms with Crippen LogP contribution in [0.15, 0.2) is 24.3 Å². The molecule has 0 aliphatic rings. The number of amides is 1. The second-order valence-electron chi connectivity index (χ2n) is 3.92. The minimum Gasteiger partial charge on any atom is -0.444 e. The Hall–Kier alpha value is -1.29. The molecule has 0 bridgehead atoms. The summed E-state index contributed by atoms with van der Waals surface area (Å²) < 4.78 is 5.02. The molecule has 0 saturated carbocycles.